The van der Waals surface area contributed by atoms with Crippen LogP contribution in [0.5, 0.6) is 0 Å². The summed E-state index contributed by atoms with van der Waals surface area (Å²) in [6, 6.07) is 6.49. The number of nitrogens with zero attached hydrogens (tertiary/aromatic N) is 1. The van der Waals surface area contributed by atoms with Gasteiger partial charge in [-0.25, -0.2) is 8.42 Å². The van der Waals surface area contributed by atoms with Crippen LogP contribution in [0.3, 0.4) is 0 Å². The normalized spacial score (nSPS) is 13.7. The van der Waals surface area contributed by atoms with Crippen molar-refractivity contribution in [3.63, 3.8) is 0 Å². The van der Waals surface area contributed by atoms with Gasteiger partial charge in [0.05, 0.1) is 11.0 Å². The summed E-state index contributed by atoms with van der Waals surface area (Å²) in [5.41, 5.74) is 0.759. The molecule has 1 unspecified atom stereocenters. The highest BCUT2D eigenvalue weighted by Crippen LogP contribution is 2.17. The first-order valence-corrected chi connectivity index (χ1v) is 8.98. The minimum Gasteiger partial charge on any atom is -0.387 e. The number of rotatable bonds is 8. The van der Waals surface area contributed by atoms with Gasteiger partial charge in [-0.15, -0.1) is 0 Å². The fourth-order valence-electron chi connectivity index (χ4n) is 2.21. The van der Waals surface area contributed by atoms with E-state index < -0.39 is 15.9 Å². The third kappa shape index (κ3) is 5.23. The van der Waals surface area contributed by atoms with Crippen LogP contribution >= 0.6 is 0 Å². The summed E-state index contributed by atoms with van der Waals surface area (Å²) in [4.78, 5) is 2.52. The van der Waals surface area contributed by atoms with Crippen molar-refractivity contribution in [1.82, 2.24) is 4.90 Å². The van der Waals surface area contributed by atoms with Crippen molar-refractivity contribution in [3.05, 3.63) is 29.8 Å². The number of aliphatic hydroxyl groups excluding tert-OH is 1. The molecule has 1 aromatic rings. The lowest BCUT2D eigenvalue weighted by molar-refractivity contribution is 0.113. The van der Waals surface area contributed by atoms with Crippen LogP contribution in [0.15, 0.2) is 29.2 Å². The highest BCUT2D eigenvalue weighted by Gasteiger charge is 2.14. The Bertz CT molecular complexity index is 490. The molecule has 1 rings (SSSR count). The predicted molar refractivity (Wildman–Crippen MR) is 81.5 cm³/mol. The van der Waals surface area contributed by atoms with Crippen LogP contribution in [-0.4, -0.2) is 44.3 Å². The molecule has 114 valence electrons. The van der Waals surface area contributed by atoms with Crippen LogP contribution in [0, 0.1) is 0 Å². The SMILES string of the molecule is CCCN(CCC)CC(O)c1ccc(S(C)(=O)=O)cc1. The van der Waals surface area contributed by atoms with E-state index >= 15 is 0 Å². The highest BCUT2D eigenvalue weighted by molar-refractivity contribution is 7.90. The van der Waals surface area contributed by atoms with Crippen molar-refractivity contribution in [2.75, 3.05) is 25.9 Å². The first kappa shape index (κ1) is 17.1. The number of hydrogen-bond acceptors (Lipinski definition) is 4. The molecule has 20 heavy (non-hydrogen) atoms. The van der Waals surface area contributed by atoms with Gasteiger partial charge in [0.2, 0.25) is 0 Å². The number of hydrogen-bond donors (Lipinski definition) is 1. The van der Waals surface area contributed by atoms with Crippen LogP contribution in [0.1, 0.15) is 38.4 Å². The lowest BCUT2D eigenvalue weighted by Crippen LogP contribution is -2.30. The minimum atomic E-state index is -3.18. The summed E-state index contributed by atoms with van der Waals surface area (Å²) in [6.07, 6.45) is 2.71. The molecule has 0 radical (unpaired) electrons. The Kier molecular flexibility index (Phi) is 6.65. The summed E-state index contributed by atoms with van der Waals surface area (Å²) >= 11 is 0. The molecule has 0 heterocycles. The predicted octanol–water partition coefficient (Wildman–Crippen LogP) is 2.25. The largest absolute Gasteiger partial charge is 0.387 e. The van der Waals surface area contributed by atoms with Crippen LogP contribution in [0.25, 0.3) is 0 Å². The van der Waals surface area contributed by atoms with Gasteiger partial charge in [-0.05, 0) is 43.6 Å². The molecule has 1 N–H and O–H groups in total. The topological polar surface area (TPSA) is 57.6 Å². The van der Waals surface area contributed by atoms with Crippen LogP contribution in [0.2, 0.25) is 0 Å². The van der Waals surface area contributed by atoms with Gasteiger partial charge in [-0.3, -0.25) is 0 Å². The Labute approximate surface area is 122 Å². The van der Waals surface area contributed by atoms with E-state index in [0.29, 0.717) is 6.54 Å². The van der Waals surface area contributed by atoms with E-state index in [1.165, 1.54) is 6.26 Å². The van der Waals surface area contributed by atoms with Crippen molar-refractivity contribution in [1.29, 1.82) is 0 Å². The van der Waals surface area contributed by atoms with E-state index in [1.54, 1.807) is 24.3 Å². The molecule has 0 saturated heterocycles. The Morgan fingerprint density at radius 3 is 2.00 bits per heavy atom. The average Bonchev–Trinajstić information content (AvgIpc) is 2.38. The van der Waals surface area contributed by atoms with Gasteiger partial charge < -0.3 is 10.0 Å². The van der Waals surface area contributed by atoms with Crippen molar-refractivity contribution in [3.8, 4) is 0 Å². The molecule has 0 aliphatic heterocycles. The molecule has 1 atom stereocenters. The lowest BCUT2D eigenvalue weighted by atomic mass is 10.1. The summed E-state index contributed by atoms with van der Waals surface area (Å²) in [6.45, 7) is 6.75. The monoisotopic (exact) mass is 299 g/mol. The smallest absolute Gasteiger partial charge is 0.175 e. The average molecular weight is 299 g/mol. The van der Waals surface area contributed by atoms with Gasteiger partial charge in [0.15, 0.2) is 9.84 Å². The molecule has 1 aromatic carbocycles. The minimum absolute atomic E-state index is 0.285. The summed E-state index contributed by atoms with van der Waals surface area (Å²) < 4.78 is 22.8. The van der Waals surface area contributed by atoms with Gasteiger partial charge in [0.1, 0.15) is 0 Å². The van der Waals surface area contributed by atoms with Crippen LogP contribution in [-0.2, 0) is 9.84 Å². The molecule has 4 nitrogen and oxygen atoms in total. The second-order valence-corrected chi connectivity index (χ2v) is 7.17. The second kappa shape index (κ2) is 7.76. The van der Waals surface area contributed by atoms with Crippen molar-refractivity contribution in [2.45, 2.75) is 37.7 Å². The Hall–Kier alpha value is -0.910. The van der Waals surface area contributed by atoms with E-state index in [9.17, 15) is 13.5 Å². The standard InChI is InChI=1S/C15H25NO3S/c1-4-10-16(11-5-2)12-15(17)13-6-8-14(9-7-13)20(3,18)19/h6-9,15,17H,4-5,10-12H2,1-3H3. The maximum atomic E-state index is 11.4. The molecule has 0 saturated carbocycles. The van der Waals surface area contributed by atoms with Crippen LogP contribution < -0.4 is 0 Å². The quantitative estimate of drug-likeness (QED) is 0.800. The maximum Gasteiger partial charge on any atom is 0.175 e. The van der Waals surface area contributed by atoms with Gasteiger partial charge in [0, 0.05) is 12.8 Å². The number of sulfone groups is 1. The summed E-state index contributed by atoms with van der Waals surface area (Å²) in [5.74, 6) is 0. The van der Waals surface area contributed by atoms with Gasteiger partial charge >= 0.3 is 0 Å². The van der Waals surface area contributed by atoms with Crippen molar-refractivity contribution < 1.29 is 13.5 Å². The Morgan fingerprint density at radius 2 is 1.60 bits per heavy atom. The molecule has 0 aromatic heterocycles. The zero-order valence-corrected chi connectivity index (χ0v) is 13.4. The van der Waals surface area contributed by atoms with Crippen molar-refractivity contribution in [2.24, 2.45) is 0 Å². The third-order valence-electron chi connectivity index (χ3n) is 3.20. The molecule has 0 fully saturated rings. The molecule has 0 spiro atoms. The highest BCUT2D eigenvalue weighted by atomic mass is 32.2. The maximum absolute atomic E-state index is 11.4. The summed E-state index contributed by atoms with van der Waals surface area (Å²) in [7, 11) is -3.18. The molecule has 0 aliphatic rings. The van der Waals surface area contributed by atoms with E-state index in [1.807, 2.05) is 0 Å². The first-order valence-electron chi connectivity index (χ1n) is 7.09. The van der Waals surface area contributed by atoms with E-state index in [-0.39, 0.29) is 4.90 Å². The fraction of sp³-hybridized carbons (Fsp3) is 0.600. The van der Waals surface area contributed by atoms with Crippen LogP contribution in [0.4, 0.5) is 0 Å². The third-order valence-corrected chi connectivity index (χ3v) is 4.33. The molecule has 0 bridgehead atoms. The Balaban J connectivity index is 2.74. The zero-order valence-electron chi connectivity index (χ0n) is 12.5. The molecule has 0 amide bonds. The lowest BCUT2D eigenvalue weighted by Gasteiger charge is -2.24. The van der Waals surface area contributed by atoms with Crippen molar-refractivity contribution >= 4 is 9.84 Å². The van der Waals surface area contributed by atoms with Gasteiger partial charge in [-0.1, -0.05) is 26.0 Å². The number of benzene rings is 1. The zero-order chi connectivity index (χ0) is 15.2. The van der Waals surface area contributed by atoms with E-state index in [0.717, 1.165) is 31.5 Å². The second-order valence-electron chi connectivity index (χ2n) is 5.16. The van der Waals surface area contributed by atoms with E-state index in [4.69, 9.17) is 0 Å². The molecular weight excluding hydrogens is 274 g/mol. The van der Waals surface area contributed by atoms with E-state index in [2.05, 4.69) is 18.7 Å². The first-order chi connectivity index (χ1) is 9.38. The Morgan fingerprint density at radius 1 is 1.10 bits per heavy atom. The van der Waals surface area contributed by atoms with Gasteiger partial charge in [0.25, 0.3) is 0 Å². The summed E-state index contributed by atoms with van der Waals surface area (Å²) in [5, 5.41) is 10.2. The fourth-order valence-corrected chi connectivity index (χ4v) is 2.84. The number of aliphatic hydroxyl groups is 1. The molecule has 0 aliphatic carbocycles. The molecular formula is C15H25NO3S. The molecule has 5 heteroatoms. The van der Waals surface area contributed by atoms with Gasteiger partial charge in [-0.2, -0.15) is 0 Å².